The van der Waals surface area contributed by atoms with Gasteiger partial charge in [-0.05, 0) is 61.0 Å². The molecule has 2 aromatic rings. The minimum Gasteiger partial charge on any atom is -0.348 e. The molecule has 1 unspecified atom stereocenters. The second kappa shape index (κ2) is 5.86. The number of carbonyl (C=O) groups excluding carboxylic acids is 1. The summed E-state index contributed by atoms with van der Waals surface area (Å²) in [6.45, 7) is 3.42. The molecule has 114 valence electrons. The van der Waals surface area contributed by atoms with Crippen molar-refractivity contribution in [2.45, 2.75) is 18.9 Å². The fourth-order valence-corrected chi connectivity index (χ4v) is 4.34. The highest BCUT2D eigenvalue weighted by Gasteiger charge is 2.34. The van der Waals surface area contributed by atoms with E-state index in [1.165, 1.54) is 36.4 Å². The first-order valence-electron chi connectivity index (χ1n) is 7.97. The zero-order valence-corrected chi connectivity index (χ0v) is 13.3. The van der Waals surface area contributed by atoms with Gasteiger partial charge in [-0.1, -0.05) is 18.2 Å². The summed E-state index contributed by atoms with van der Waals surface area (Å²) in [4.78, 5) is 16.2. The molecule has 0 saturated carbocycles. The summed E-state index contributed by atoms with van der Waals surface area (Å²) in [5.74, 6) is 0.732. The average Bonchev–Trinajstić information content (AvgIpc) is 3.10. The molecule has 1 aromatic carbocycles. The topological polar surface area (TPSA) is 32.3 Å². The van der Waals surface area contributed by atoms with E-state index in [1.807, 2.05) is 30.3 Å². The van der Waals surface area contributed by atoms with Gasteiger partial charge < -0.3 is 10.2 Å². The van der Waals surface area contributed by atoms with Gasteiger partial charge in [0.25, 0.3) is 5.91 Å². The standard InChI is InChI=1S/C18H20N2OS/c21-18(19-16-12-20-9-7-13(16)8-10-20)15-5-3-14(4-6-15)17-2-1-11-22-17/h1-6,11,13,16H,7-10,12H2,(H,19,21). The van der Waals surface area contributed by atoms with Gasteiger partial charge in [0, 0.05) is 23.0 Å². The maximum absolute atomic E-state index is 12.5. The predicted molar refractivity (Wildman–Crippen MR) is 90.2 cm³/mol. The fourth-order valence-electron chi connectivity index (χ4n) is 3.61. The Morgan fingerprint density at radius 3 is 2.50 bits per heavy atom. The largest absolute Gasteiger partial charge is 0.348 e. The first kappa shape index (κ1) is 14.0. The van der Waals surface area contributed by atoms with Gasteiger partial charge in [-0.3, -0.25) is 4.79 Å². The number of carbonyl (C=O) groups is 1. The molecule has 3 nitrogen and oxygen atoms in total. The highest BCUT2D eigenvalue weighted by molar-refractivity contribution is 7.13. The van der Waals surface area contributed by atoms with E-state index in [2.05, 4.69) is 21.7 Å². The van der Waals surface area contributed by atoms with Crippen LogP contribution >= 0.6 is 11.3 Å². The second-order valence-electron chi connectivity index (χ2n) is 6.27. The van der Waals surface area contributed by atoms with Gasteiger partial charge in [0.2, 0.25) is 0 Å². The lowest BCUT2D eigenvalue weighted by Gasteiger charge is -2.44. The number of rotatable bonds is 3. The molecule has 3 aliphatic heterocycles. The lowest BCUT2D eigenvalue weighted by atomic mass is 9.84. The van der Waals surface area contributed by atoms with Crippen molar-refractivity contribution in [2.75, 3.05) is 19.6 Å². The maximum atomic E-state index is 12.5. The van der Waals surface area contributed by atoms with Gasteiger partial charge in [0.15, 0.2) is 0 Å². The van der Waals surface area contributed by atoms with E-state index in [4.69, 9.17) is 0 Å². The molecule has 1 aromatic heterocycles. The van der Waals surface area contributed by atoms with E-state index in [-0.39, 0.29) is 5.91 Å². The van der Waals surface area contributed by atoms with Gasteiger partial charge in [-0.15, -0.1) is 11.3 Å². The molecule has 0 aliphatic carbocycles. The number of amides is 1. The van der Waals surface area contributed by atoms with Crippen molar-refractivity contribution in [2.24, 2.45) is 5.92 Å². The molecular formula is C18H20N2OS. The van der Waals surface area contributed by atoms with Crippen LogP contribution < -0.4 is 5.32 Å². The van der Waals surface area contributed by atoms with Crippen molar-refractivity contribution in [1.82, 2.24) is 10.2 Å². The number of fused-ring (bicyclic) bond motifs is 3. The smallest absolute Gasteiger partial charge is 0.251 e. The summed E-state index contributed by atoms with van der Waals surface area (Å²) in [6, 6.07) is 12.4. The Kier molecular flexibility index (Phi) is 3.72. The summed E-state index contributed by atoms with van der Waals surface area (Å²) in [7, 11) is 0. The molecule has 5 rings (SSSR count). The number of piperidine rings is 3. The third-order valence-electron chi connectivity index (χ3n) is 4.93. The molecule has 0 radical (unpaired) electrons. The van der Waals surface area contributed by atoms with Gasteiger partial charge in [-0.2, -0.15) is 0 Å². The normalized spacial score (nSPS) is 26.8. The second-order valence-corrected chi connectivity index (χ2v) is 7.22. The first-order valence-corrected chi connectivity index (χ1v) is 8.85. The van der Waals surface area contributed by atoms with Gasteiger partial charge in [-0.25, -0.2) is 0 Å². The Morgan fingerprint density at radius 1 is 1.14 bits per heavy atom. The minimum atomic E-state index is 0.0662. The van der Waals surface area contributed by atoms with E-state index in [0.29, 0.717) is 12.0 Å². The number of thiophene rings is 1. The van der Waals surface area contributed by atoms with E-state index >= 15 is 0 Å². The molecular weight excluding hydrogens is 292 g/mol. The van der Waals surface area contributed by atoms with Gasteiger partial charge >= 0.3 is 0 Å². The van der Waals surface area contributed by atoms with Gasteiger partial charge in [0.1, 0.15) is 0 Å². The highest BCUT2D eigenvalue weighted by Crippen LogP contribution is 2.28. The zero-order chi connectivity index (χ0) is 14.9. The lowest BCUT2D eigenvalue weighted by molar-refractivity contribution is 0.0620. The van der Waals surface area contributed by atoms with Crippen LogP contribution in [0.5, 0.6) is 0 Å². The van der Waals surface area contributed by atoms with E-state index in [1.54, 1.807) is 11.3 Å². The lowest BCUT2D eigenvalue weighted by Crippen LogP contribution is -2.57. The summed E-state index contributed by atoms with van der Waals surface area (Å²) in [5, 5.41) is 5.32. The molecule has 0 spiro atoms. The van der Waals surface area contributed by atoms with Crippen LogP contribution in [0, 0.1) is 5.92 Å². The average molecular weight is 312 g/mol. The molecule has 3 aliphatic rings. The summed E-state index contributed by atoms with van der Waals surface area (Å²) in [5.41, 5.74) is 1.94. The van der Waals surface area contributed by atoms with Crippen molar-refractivity contribution in [3.8, 4) is 10.4 Å². The number of nitrogens with zero attached hydrogens (tertiary/aromatic N) is 1. The molecule has 3 fully saturated rings. The Balaban J connectivity index is 1.44. The minimum absolute atomic E-state index is 0.0662. The SMILES string of the molecule is O=C(NC1CN2CCC1CC2)c1ccc(-c2cccs2)cc1. The quantitative estimate of drug-likeness (QED) is 0.943. The predicted octanol–water partition coefficient (Wildman–Crippen LogP) is 3.24. The Bertz CT molecular complexity index is 642. The number of hydrogen-bond donors (Lipinski definition) is 1. The Morgan fingerprint density at radius 2 is 1.91 bits per heavy atom. The molecule has 3 saturated heterocycles. The van der Waals surface area contributed by atoms with Crippen LogP contribution in [0.25, 0.3) is 10.4 Å². The monoisotopic (exact) mass is 312 g/mol. The maximum Gasteiger partial charge on any atom is 0.251 e. The fraction of sp³-hybridized carbons (Fsp3) is 0.389. The zero-order valence-electron chi connectivity index (χ0n) is 12.5. The number of nitrogens with one attached hydrogen (secondary N) is 1. The van der Waals surface area contributed by atoms with E-state index in [0.717, 1.165) is 12.1 Å². The van der Waals surface area contributed by atoms with Crippen LogP contribution in [0.3, 0.4) is 0 Å². The van der Waals surface area contributed by atoms with E-state index in [9.17, 15) is 4.79 Å². The van der Waals surface area contributed by atoms with Crippen LogP contribution in [-0.4, -0.2) is 36.5 Å². The molecule has 2 bridgehead atoms. The van der Waals surface area contributed by atoms with Crippen LogP contribution in [0.15, 0.2) is 41.8 Å². The third kappa shape index (κ3) is 2.69. The Hall–Kier alpha value is -1.65. The number of hydrogen-bond acceptors (Lipinski definition) is 3. The third-order valence-corrected chi connectivity index (χ3v) is 5.84. The first-order chi connectivity index (χ1) is 10.8. The molecule has 1 atom stereocenters. The van der Waals surface area contributed by atoms with Crippen LogP contribution in [0.2, 0.25) is 0 Å². The van der Waals surface area contributed by atoms with Crippen molar-refractivity contribution in [3.05, 3.63) is 47.3 Å². The highest BCUT2D eigenvalue weighted by atomic mass is 32.1. The number of benzene rings is 1. The van der Waals surface area contributed by atoms with Crippen molar-refractivity contribution in [1.29, 1.82) is 0 Å². The van der Waals surface area contributed by atoms with Crippen molar-refractivity contribution < 1.29 is 4.79 Å². The molecule has 1 amide bonds. The van der Waals surface area contributed by atoms with Crippen LogP contribution in [0.1, 0.15) is 23.2 Å². The van der Waals surface area contributed by atoms with E-state index < -0.39 is 0 Å². The summed E-state index contributed by atoms with van der Waals surface area (Å²) in [6.07, 6.45) is 2.45. The summed E-state index contributed by atoms with van der Waals surface area (Å²) < 4.78 is 0. The van der Waals surface area contributed by atoms with Crippen molar-refractivity contribution in [3.63, 3.8) is 0 Å². The van der Waals surface area contributed by atoms with Gasteiger partial charge in [0.05, 0.1) is 0 Å². The Labute approximate surface area is 135 Å². The molecule has 22 heavy (non-hydrogen) atoms. The molecule has 4 heteroatoms. The van der Waals surface area contributed by atoms with Crippen molar-refractivity contribution >= 4 is 17.2 Å². The van der Waals surface area contributed by atoms with Crippen LogP contribution in [-0.2, 0) is 0 Å². The molecule has 4 heterocycles. The van der Waals surface area contributed by atoms with Crippen LogP contribution in [0.4, 0.5) is 0 Å². The molecule has 1 N–H and O–H groups in total. The summed E-state index contributed by atoms with van der Waals surface area (Å²) >= 11 is 1.72.